The number of aliphatic imine (C=N–C) groups is 1. The Morgan fingerprint density at radius 1 is 1.19 bits per heavy atom. The molecule has 1 saturated heterocycles. The average molecular weight is 576 g/mol. The van der Waals surface area contributed by atoms with Gasteiger partial charge in [-0.3, -0.25) is 4.99 Å². The number of rotatable bonds is 8. The number of guanidine groups is 1. The lowest BCUT2D eigenvalue weighted by molar-refractivity contribution is 0.181. The highest BCUT2D eigenvalue weighted by Crippen LogP contribution is 2.15. The summed E-state index contributed by atoms with van der Waals surface area (Å²) in [5, 5.41) is 3.28. The van der Waals surface area contributed by atoms with Crippen molar-refractivity contribution in [2.75, 3.05) is 33.9 Å². The van der Waals surface area contributed by atoms with Gasteiger partial charge in [0.25, 0.3) is 0 Å². The maximum Gasteiger partial charge on any atom is 0.240 e. The van der Waals surface area contributed by atoms with Gasteiger partial charge in [0, 0.05) is 46.3 Å². The lowest BCUT2D eigenvalue weighted by Crippen LogP contribution is -2.41. The molecule has 32 heavy (non-hydrogen) atoms. The van der Waals surface area contributed by atoms with E-state index in [9.17, 15) is 12.8 Å². The number of hydrogen-bond donors (Lipinski definition) is 2. The van der Waals surface area contributed by atoms with Crippen molar-refractivity contribution < 1.29 is 17.5 Å². The van der Waals surface area contributed by atoms with Crippen LogP contribution in [0, 0.1) is 11.7 Å². The van der Waals surface area contributed by atoms with E-state index in [0.29, 0.717) is 18.0 Å². The molecule has 1 atom stereocenters. The van der Waals surface area contributed by atoms with Crippen LogP contribution in [-0.4, -0.2) is 53.1 Å². The number of benzene rings is 2. The zero-order valence-electron chi connectivity index (χ0n) is 18.3. The van der Waals surface area contributed by atoms with Gasteiger partial charge in [0.15, 0.2) is 5.96 Å². The molecule has 0 amide bonds. The third-order valence-corrected chi connectivity index (χ3v) is 6.54. The van der Waals surface area contributed by atoms with Crippen molar-refractivity contribution in [1.82, 2.24) is 14.9 Å². The molecule has 1 aliphatic heterocycles. The Hall–Kier alpha value is -1.76. The second-order valence-corrected chi connectivity index (χ2v) is 9.38. The highest BCUT2D eigenvalue weighted by atomic mass is 127. The third kappa shape index (κ3) is 7.68. The van der Waals surface area contributed by atoms with E-state index in [0.717, 1.165) is 37.7 Å². The normalized spacial score (nSPS) is 16.5. The molecule has 176 valence electrons. The van der Waals surface area contributed by atoms with Gasteiger partial charge >= 0.3 is 0 Å². The maximum atomic E-state index is 13.3. The van der Waals surface area contributed by atoms with Crippen LogP contribution >= 0.6 is 24.0 Å². The Labute approximate surface area is 206 Å². The molecule has 2 aromatic carbocycles. The Kier molecular flexibility index (Phi) is 10.3. The van der Waals surface area contributed by atoms with Gasteiger partial charge in [-0.25, -0.2) is 17.5 Å². The fourth-order valence-electron chi connectivity index (χ4n) is 3.50. The lowest BCUT2D eigenvalue weighted by Gasteiger charge is -2.24. The van der Waals surface area contributed by atoms with Crippen LogP contribution in [0.5, 0.6) is 0 Å². The second-order valence-electron chi connectivity index (χ2n) is 7.61. The van der Waals surface area contributed by atoms with Crippen LogP contribution in [0.3, 0.4) is 0 Å². The Balaban J connectivity index is 0.00000363. The largest absolute Gasteiger partial charge is 0.381 e. The maximum absolute atomic E-state index is 13.3. The van der Waals surface area contributed by atoms with Crippen LogP contribution in [0.1, 0.15) is 17.5 Å². The van der Waals surface area contributed by atoms with E-state index in [1.165, 1.54) is 12.1 Å². The molecule has 10 heteroatoms. The van der Waals surface area contributed by atoms with Gasteiger partial charge in [0.05, 0.1) is 11.5 Å². The molecule has 1 fully saturated rings. The van der Waals surface area contributed by atoms with E-state index < -0.39 is 15.8 Å². The molecule has 1 unspecified atom stereocenters. The molecule has 3 rings (SSSR count). The summed E-state index contributed by atoms with van der Waals surface area (Å²) in [6, 6.07) is 12.6. The summed E-state index contributed by atoms with van der Waals surface area (Å²) in [4.78, 5) is 6.53. The Morgan fingerprint density at radius 3 is 2.56 bits per heavy atom. The summed E-state index contributed by atoms with van der Waals surface area (Å²) in [6.07, 6.45) is 1.05. The topological polar surface area (TPSA) is 83.0 Å². The van der Waals surface area contributed by atoms with Crippen LogP contribution < -0.4 is 10.0 Å². The minimum absolute atomic E-state index is 0. The minimum Gasteiger partial charge on any atom is -0.381 e. The van der Waals surface area contributed by atoms with Crippen molar-refractivity contribution in [3.63, 3.8) is 0 Å². The molecular formula is C22H30FIN4O3S. The predicted molar refractivity (Wildman–Crippen MR) is 134 cm³/mol. The first-order chi connectivity index (χ1) is 14.9. The van der Waals surface area contributed by atoms with Crippen molar-refractivity contribution in [3.05, 3.63) is 65.5 Å². The lowest BCUT2D eigenvalue weighted by atomic mass is 10.1. The quantitative estimate of drug-likeness (QED) is 0.287. The fraction of sp³-hybridized carbons (Fsp3) is 0.409. The molecule has 1 aliphatic rings. The molecule has 0 bridgehead atoms. The molecule has 0 aliphatic carbocycles. The Morgan fingerprint density at radius 2 is 1.91 bits per heavy atom. The number of ether oxygens (including phenoxy) is 1. The minimum atomic E-state index is -3.72. The van der Waals surface area contributed by atoms with Crippen LogP contribution in [0.4, 0.5) is 4.39 Å². The first kappa shape index (κ1) is 26.5. The van der Waals surface area contributed by atoms with Crippen molar-refractivity contribution in [1.29, 1.82) is 0 Å². The molecule has 7 nitrogen and oxygen atoms in total. The number of nitrogens with zero attached hydrogens (tertiary/aromatic N) is 2. The van der Waals surface area contributed by atoms with Crippen LogP contribution in [-0.2, 0) is 27.8 Å². The van der Waals surface area contributed by atoms with E-state index >= 15 is 0 Å². The van der Waals surface area contributed by atoms with Crippen molar-refractivity contribution in [2.45, 2.75) is 24.4 Å². The van der Waals surface area contributed by atoms with Crippen molar-refractivity contribution >= 4 is 40.0 Å². The molecule has 0 spiro atoms. The summed E-state index contributed by atoms with van der Waals surface area (Å²) >= 11 is 0. The molecular weight excluding hydrogens is 546 g/mol. The molecule has 2 N–H and O–H groups in total. The van der Waals surface area contributed by atoms with E-state index in [1.807, 2.05) is 13.1 Å². The number of hydrogen-bond acceptors (Lipinski definition) is 4. The summed E-state index contributed by atoms with van der Waals surface area (Å²) in [7, 11) is -0.0243. The van der Waals surface area contributed by atoms with E-state index in [2.05, 4.69) is 19.9 Å². The SMILES string of the molecule is CN=C(NCc1cccc(S(=O)(=O)NCc2cccc(F)c2)c1)N(C)CC1CCOC1.I. The van der Waals surface area contributed by atoms with Crippen molar-refractivity contribution in [2.24, 2.45) is 10.9 Å². The monoisotopic (exact) mass is 576 g/mol. The smallest absolute Gasteiger partial charge is 0.240 e. The van der Waals surface area contributed by atoms with Crippen LogP contribution in [0.15, 0.2) is 58.4 Å². The van der Waals surface area contributed by atoms with E-state index in [1.54, 1.807) is 37.4 Å². The molecule has 0 saturated carbocycles. The van der Waals surface area contributed by atoms with Gasteiger partial charge < -0.3 is 15.0 Å². The van der Waals surface area contributed by atoms with Gasteiger partial charge in [-0.2, -0.15) is 0 Å². The van der Waals surface area contributed by atoms with Gasteiger partial charge in [-0.05, 0) is 41.8 Å². The zero-order chi connectivity index (χ0) is 22.3. The second kappa shape index (κ2) is 12.5. The van der Waals surface area contributed by atoms with Gasteiger partial charge in [0.2, 0.25) is 10.0 Å². The van der Waals surface area contributed by atoms with Gasteiger partial charge in [-0.15, -0.1) is 24.0 Å². The van der Waals surface area contributed by atoms with Crippen molar-refractivity contribution in [3.8, 4) is 0 Å². The fourth-order valence-corrected chi connectivity index (χ4v) is 4.59. The summed E-state index contributed by atoms with van der Waals surface area (Å²) in [5.41, 5.74) is 1.37. The number of sulfonamides is 1. The van der Waals surface area contributed by atoms with Crippen LogP contribution in [0.25, 0.3) is 0 Å². The number of halogens is 2. The molecule has 0 radical (unpaired) electrons. The Bertz CT molecular complexity index is 1010. The summed E-state index contributed by atoms with van der Waals surface area (Å²) in [6.45, 7) is 2.87. The van der Waals surface area contributed by atoms with Gasteiger partial charge in [0.1, 0.15) is 5.82 Å². The molecule has 1 heterocycles. The molecule has 2 aromatic rings. The molecule has 0 aromatic heterocycles. The van der Waals surface area contributed by atoms with E-state index in [4.69, 9.17) is 4.74 Å². The summed E-state index contributed by atoms with van der Waals surface area (Å²) in [5.74, 6) is 0.828. The highest BCUT2D eigenvalue weighted by molar-refractivity contribution is 14.0. The zero-order valence-corrected chi connectivity index (χ0v) is 21.4. The predicted octanol–water partition coefficient (Wildman–Crippen LogP) is 2.97. The average Bonchev–Trinajstić information content (AvgIpc) is 3.26. The summed E-state index contributed by atoms with van der Waals surface area (Å²) < 4.78 is 46.6. The third-order valence-electron chi connectivity index (χ3n) is 5.14. The highest BCUT2D eigenvalue weighted by Gasteiger charge is 2.19. The number of nitrogens with one attached hydrogen (secondary N) is 2. The first-order valence-electron chi connectivity index (χ1n) is 10.2. The first-order valence-corrected chi connectivity index (χ1v) is 11.7. The van der Waals surface area contributed by atoms with E-state index in [-0.39, 0.29) is 35.4 Å². The van der Waals surface area contributed by atoms with Crippen LogP contribution in [0.2, 0.25) is 0 Å². The van der Waals surface area contributed by atoms with Gasteiger partial charge in [-0.1, -0.05) is 24.3 Å². The standard InChI is InChI=1S/C22H29FN4O3S.HI/c1-24-22(27(2)15-19-9-10-30-16-19)25-13-18-6-4-8-21(12-18)31(28,29)26-14-17-5-3-7-20(23)11-17;/h3-8,11-12,19,26H,9-10,13-16H2,1-2H3,(H,24,25);1H.